The SMILES string of the molecule is CCCCNC(=O)c1ccc(-c2cnc(N3CCCCC3)nc2)cc1. The van der Waals surface area contributed by atoms with Crippen molar-refractivity contribution >= 4 is 11.9 Å². The Labute approximate surface area is 149 Å². The standard InChI is InChI=1S/C20H26N4O/c1-2-3-11-21-19(25)17-9-7-16(8-10-17)18-14-22-20(23-15-18)24-12-5-4-6-13-24/h7-10,14-15H,2-6,11-13H2,1H3,(H,21,25). The lowest BCUT2D eigenvalue weighted by Gasteiger charge is -2.26. The summed E-state index contributed by atoms with van der Waals surface area (Å²) >= 11 is 0. The second-order valence-electron chi connectivity index (χ2n) is 6.51. The van der Waals surface area contributed by atoms with E-state index in [0.717, 1.165) is 49.6 Å². The van der Waals surface area contributed by atoms with Gasteiger partial charge < -0.3 is 10.2 Å². The van der Waals surface area contributed by atoms with Crippen LogP contribution in [-0.4, -0.2) is 35.5 Å². The first-order valence-corrected chi connectivity index (χ1v) is 9.23. The van der Waals surface area contributed by atoms with Crippen LogP contribution < -0.4 is 10.2 Å². The van der Waals surface area contributed by atoms with Gasteiger partial charge in [0, 0.05) is 43.2 Å². The van der Waals surface area contributed by atoms with E-state index in [9.17, 15) is 4.79 Å². The Morgan fingerprint density at radius 2 is 1.72 bits per heavy atom. The first-order chi connectivity index (χ1) is 12.3. The number of piperidine rings is 1. The summed E-state index contributed by atoms with van der Waals surface area (Å²) in [5.41, 5.74) is 2.68. The molecule has 1 saturated heterocycles. The van der Waals surface area contributed by atoms with Gasteiger partial charge in [-0.1, -0.05) is 25.5 Å². The van der Waals surface area contributed by atoms with Crippen LogP contribution in [0.25, 0.3) is 11.1 Å². The molecule has 1 aromatic heterocycles. The first kappa shape index (κ1) is 17.4. The predicted molar refractivity (Wildman–Crippen MR) is 101 cm³/mol. The number of nitrogens with zero attached hydrogens (tertiary/aromatic N) is 3. The molecule has 1 aliphatic rings. The highest BCUT2D eigenvalue weighted by atomic mass is 16.1. The number of anilines is 1. The van der Waals surface area contributed by atoms with Crippen molar-refractivity contribution in [3.63, 3.8) is 0 Å². The van der Waals surface area contributed by atoms with Gasteiger partial charge >= 0.3 is 0 Å². The van der Waals surface area contributed by atoms with Crippen molar-refractivity contribution < 1.29 is 4.79 Å². The Hall–Kier alpha value is -2.43. The minimum absolute atomic E-state index is 0.0169. The maximum Gasteiger partial charge on any atom is 0.251 e. The zero-order chi connectivity index (χ0) is 17.5. The third kappa shape index (κ3) is 4.56. The fraction of sp³-hybridized carbons (Fsp3) is 0.450. The van der Waals surface area contributed by atoms with Crippen molar-refractivity contribution in [3.8, 4) is 11.1 Å². The van der Waals surface area contributed by atoms with Crippen LogP contribution in [-0.2, 0) is 0 Å². The number of amides is 1. The van der Waals surface area contributed by atoms with E-state index in [2.05, 4.69) is 27.1 Å². The van der Waals surface area contributed by atoms with E-state index in [4.69, 9.17) is 0 Å². The molecule has 1 aliphatic heterocycles. The summed E-state index contributed by atoms with van der Waals surface area (Å²) in [5.74, 6) is 0.798. The van der Waals surface area contributed by atoms with E-state index >= 15 is 0 Å². The Bertz CT molecular complexity index is 676. The summed E-state index contributed by atoms with van der Waals surface area (Å²) in [5, 5.41) is 2.93. The molecule has 2 heterocycles. The number of nitrogens with one attached hydrogen (secondary N) is 1. The van der Waals surface area contributed by atoms with E-state index in [1.165, 1.54) is 19.3 Å². The molecule has 0 saturated carbocycles. The molecular weight excluding hydrogens is 312 g/mol. The van der Waals surface area contributed by atoms with Crippen LogP contribution in [0, 0.1) is 0 Å². The lowest BCUT2D eigenvalue weighted by Crippen LogP contribution is -2.30. The van der Waals surface area contributed by atoms with Gasteiger partial charge in [-0.2, -0.15) is 0 Å². The van der Waals surface area contributed by atoms with Crippen LogP contribution in [0.4, 0.5) is 5.95 Å². The molecule has 1 fully saturated rings. The second kappa shape index (κ2) is 8.60. The smallest absolute Gasteiger partial charge is 0.251 e. The topological polar surface area (TPSA) is 58.1 Å². The fourth-order valence-corrected chi connectivity index (χ4v) is 3.02. The number of hydrogen-bond donors (Lipinski definition) is 1. The van der Waals surface area contributed by atoms with Gasteiger partial charge in [0.15, 0.2) is 0 Å². The van der Waals surface area contributed by atoms with Gasteiger partial charge in [-0.15, -0.1) is 0 Å². The molecule has 3 rings (SSSR count). The third-order valence-electron chi connectivity index (χ3n) is 4.57. The maximum absolute atomic E-state index is 12.0. The molecule has 0 radical (unpaired) electrons. The van der Waals surface area contributed by atoms with Gasteiger partial charge in [0.05, 0.1) is 0 Å². The molecule has 5 nitrogen and oxygen atoms in total. The highest BCUT2D eigenvalue weighted by molar-refractivity contribution is 5.94. The molecular formula is C20H26N4O. The molecule has 1 aromatic carbocycles. The van der Waals surface area contributed by atoms with E-state index in [1.54, 1.807) is 0 Å². The van der Waals surface area contributed by atoms with Crippen molar-refractivity contribution in [2.24, 2.45) is 0 Å². The van der Waals surface area contributed by atoms with Crippen molar-refractivity contribution in [1.82, 2.24) is 15.3 Å². The molecule has 25 heavy (non-hydrogen) atoms. The average Bonchev–Trinajstić information content (AvgIpc) is 2.69. The summed E-state index contributed by atoms with van der Waals surface area (Å²) in [7, 11) is 0. The number of hydrogen-bond acceptors (Lipinski definition) is 4. The van der Waals surface area contributed by atoms with Crippen molar-refractivity contribution in [2.75, 3.05) is 24.5 Å². The number of aromatic nitrogens is 2. The van der Waals surface area contributed by atoms with Gasteiger partial charge in [0.1, 0.15) is 0 Å². The lowest BCUT2D eigenvalue weighted by molar-refractivity contribution is 0.0953. The van der Waals surface area contributed by atoms with Gasteiger partial charge in [-0.3, -0.25) is 4.79 Å². The molecule has 5 heteroatoms. The summed E-state index contributed by atoms with van der Waals surface area (Å²) in [6, 6.07) is 7.62. The summed E-state index contributed by atoms with van der Waals surface area (Å²) in [6.45, 7) is 4.92. The molecule has 0 aliphatic carbocycles. The van der Waals surface area contributed by atoms with E-state index in [0.29, 0.717) is 5.56 Å². The Kier molecular flexibility index (Phi) is 5.99. The highest BCUT2D eigenvalue weighted by Gasteiger charge is 2.13. The summed E-state index contributed by atoms with van der Waals surface area (Å²) in [6.07, 6.45) is 9.55. The Morgan fingerprint density at radius 1 is 1.04 bits per heavy atom. The molecule has 1 N–H and O–H groups in total. The molecule has 0 spiro atoms. The maximum atomic E-state index is 12.0. The Balaban J connectivity index is 1.64. The number of benzene rings is 1. The molecule has 1 amide bonds. The van der Waals surface area contributed by atoms with E-state index in [1.807, 2.05) is 36.7 Å². The number of unbranched alkanes of at least 4 members (excludes halogenated alkanes) is 1. The zero-order valence-corrected chi connectivity index (χ0v) is 14.9. The zero-order valence-electron chi connectivity index (χ0n) is 14.9. The van der Waals surface area contributed by atoms with Crippen LogP contribution in [0.2, 0.25) is 0 Å². The van der Waals surface area contributed by atoms with Crippen LogP contribution >= 0.6 is 0 Å². The number of carbonyl (C=O) groups excluding carboxylic acids is 1. The van der Waals surface area contributed by atoms with Crippen molar-refractivity contribution in [3.05, 3.63) is 42.2 Å². The van der Waals surface area contributed by atoms with Gasteiger partial charge in [0.2, 0.25) is 5.95 Å². The summed E-state index contributed by atoms with van der Waals surface area (Å²) < 4.78 is 0. The highest BCUT2D eigenvalue weighted by Crippen LogP contribution is 2.21. The number of rotatable bonds is 6. The predicted octanol–water partition coefficient (Wildman–Crippen LogP) is 3.66. The first-order valence-electron chi connectivity index (χ1n) is 9.23. The molecule has 132 valence electrons. The number of carbonyl (C=O) groups is 1. The quantitative estimate of drug-likeness (QED) is 0.817. The van der Waals surface area contributed by atoms with Crippen LogP contribution in [0.15, 0.2) is 36.7 Å². The lowest BCUT2D eigenvalue weighted by atomic mass is 10.1. The van der Waals surface area contributed by atoms with Crippen LogP contribution in [0.5, 0.6) is 0 Å². The summed E-state index contributed by atoms with van der Waals surface area (Å²) in [4.78, 5) is 23.3. The largest absolute Gasteiger partial charge is 0.352 e. The fourth-order valence-electron chi connectivity index (χ4n) is 3.02. The average molecular weight is 338 g/mol. The third-order valence-corrected chi connectivity index (χ3v) is 4.57. The Morgan fingerprint density at radius 3 is 2.36 bits per heavy atom. The van der Waals surface area contributed by atoms with E-state index < -0.39 is 0 Å². The van der Waals surface area contributed by atoms with Crippen molar-refractivity contribution in [2.45, 2.75) is 39.0 Å². The second-order valence-corrected chi connectivity index (χ2v) is 6.51. The minimum atomic E-state index is -0.0169. The van der Waals surface area contributed by atoms with Crippen LogP contribution in [0.3, 0.4) is 0 Å². The molecule has 0 atom stereocenters. The normalized spacial score (nSPS) is 14.4. The van der Waals surface area contributed by atoms with Crippen molar-refractivity contribution in [1.29, 1.82) is 0 Å². The molecule has 2 aromatic rings. The molecule has 0 bridgehead atoms. The monoisotopic (exact) mass is 338 g/mol. The minimum Gasteiger partial charge on any atom is -0.352 e. The van der Waals surface area contributed by atoms with E-state index in [-0.39, 0.29) is 5.91 Å². The van der Waals surface area contributed by atoms with Gasteiger partial charge in [0.25, 0.3) is 5.91 Å². The van der Waals surface area contributed by atoms with Gasteiger partial charge in [-0.25, -0.2) is 9.97 Å². The van der Waals surface area contributed by atoms with Gasteiger partial charge in [-0.05, 0) is 43.4 Å². The van der Waals surface area contributed by atoms with Crippen LogP contribution in [0.1, 0.15) is 49.4 Å². The molecule has 0 unspecified atom stereocenters.